The van der Waals surface area contributed by atoms with Crippen LogP contribution in [0.5, 0.6) is 0 Å². The molecular formula is C22H30N4O. The van der Waals surface area contributed by atoms with Crippen molar-refractivity contribution in [1.82, 2.24) is 20.0 Å². The van der Waals surface area contributed by atoms with Crippen molar-refractivity contribution in [3.63, 3.8) is 0 Å². The minimum absolute atomic E-state index is 0.105. The summed E-state index contributed by atoms with van der Waals surface area (Å²) in [6.45, 7) is 8.80. The summed E-state index contributed by atoms with van der Waals surface area (Å²) < 4.78 is 0. The van der Waals surface area contributed by atoms with Gasteiger partial charge in [-0.05, 0) is 64.0 Å². The van der Waals surface area contributed by atoms with E-state index in [0.29, 0.717) is 0 Å². The highest BCUT2D eigenvalue weighted by atomic mass is 16.2. The molecule has 0 bridgehead atoms. The first-order valence-corrected chi connectivity index (χ1v) is 10.1. The van der Waals surface area contributed by atoms with Crippen molar-refractivity contribution in [1.29, 1.82) is 0 Å². The summed E-state index contributed by atoms with van der Waals surface area (Å²) in [6.07, 6.45) is 5.24. The molecule has 5 nitrogen and oxygen atoms in total. The Morgan fingerprint density at radius 2 is 1.70 bits per heavy atom. The van der Waals surface area contributed by atoms with Gasteiger partial charge >= 0.3 is 0 Å². The number of likely N-dealkylation sites (tertiary alicyclic amines) is 1. The van der Waals surface area contributed by atoms with Crippen LogP contribution in [0, 0.1) is 6.92 Å². The summed E-state index contributed by atoms with van der Waals surface area (Å²) in [5, 5.41) is 8.31. The molecule has 2 heterocycles. The van der Waals surface area contributed by atoms with Crippen molar-refractivity contribution < 1.29 is 4.79 Å². The second-order valence-corrected chi connectivity index (χ2v) is 7.28. The van der Waals surface area contributed by atoms with E-state index in [0.717, 1.165) is 55.2 Å². The van der Waals surface area contributed by atoms with Gasteiger partial charge in [0.25, 0.3) is 5.91 Å². The third-order valence-electron chi connectivity index (χ3n) is 5.28. The van der Waals surface area contributed by atoms with Gasteiger partial charge in [0.15, 0.2) is 0 Å². The first-order valence-electron chi connectivity index (χ1n) is 10.1. The van der Waals surface area contributed by atoms with Gasteiger partial charge in [-0.2, -0.15) is 10.2 Å². The molecule has 0 spiro atoms. The maximum atomic E-state index is 12.9. The number of carbonyl (C=O) groups excluding carboxylic acids is 1. The van der Waals surface area contributed by atoms with E-state index in [4.69, 9.17) is 0 Å². The average molecular weight is 367 g/mol. The molecular weight excluding hydrogens is 336 g/mol. The normalized spacial score (nSPS) is 15.3. The topological polar surface area (TPSA) is 49.3 Å². The van der Waals surface area contributed by atoms with Crippen LogP contribution in [-0.4, -0.2) is 58.6 Å². The van der Waals surface area contributed by atoms with Gasteiger partial charge in [-0.1, -0.05) is 25.0 Å². The summed E-state index contributed by atoms with van der Waals surface area (Å²) in [5.74, 6) is 0.105. The van der Waals surface area contributed by atoms with Crippen LogP contribution in [0.4, 0.5) is 0 Å². The molecule has 0 radical (unpaired) electrons. The molecule has 1 amide bonds. The number of rotatable bonds is 6. The molecule has 1 aliphatic rings. The first kappa shape index (κ1) is 19.5. The maximum Gasteiger partial charge on any atom is 0.253 e. The molecule has 0 N–H and O–H groups in total. The number of carbonyl (C=O) groups is 1. The quantitative estimate of drug-likeness (QED) is 0.780. The van der Waals surface area contributed by atoms with E-state index >= 15 is 0 Å². The molecule has 1 aromatic carbocycles. The third kappa shape index (κ3) is 5.36. The van der Waals surface area contributed by atoms with Crippen molar-refractivity contribution in [3.8, 4) is 11.3 Å². The van der Waals surface area contributed by atoms with Gasteiger partial charge in [0.05, 0.1) is 11.4 Å². The number of nitrogens with zero attached hydrogens (tertiary/aromatic N) is 4. The minimum Gasteiger partial charge on any atom is -0.338 e. The van der Waals surface area contributed by atoms with Crippen LogP contribution in [0.3, 0.4) is 0 Å². The Morgan fingerprint density at radius 1 is 1.00 bits per heavy atom. The van der Waals surface area contributed by atoms with E-state index in [1.54, 1.807) is 0 Å². The molecule has 0 aliphatic carbocycles. The van der Waals surface area contributed by atoms with E-state index in [1.807, 2.05) is 48.2 Å². The lowest BCUT2D eigenvalue weighted by Gasteiger charge is -2.26. The van der Waals surface area contributed by atoms with Gasteiger partial charge < -0.3 is 9.80 Å². The highest BCUT2D eigenvalue weighted by Crippen LogP contribution is 2.18. The van der Waals surface area contributed by atoms with Crippen molar-refractivity contribution >= 4 is 5.91 Å². The number of aromatic nitrogens is 2. The predicted molar refractivity (Wildman–Crippen MR) is 109 cm³/mol. The zero-order valence-electron chi connectivity index (χ0n) is 16.5. The Balaban J connectivity index is 1.61. The molecule has 1 aromatic heterocycles. The van der Waals surface area contributed by atoms with Crippen LogP contribution in [0.1, 0.15) is 48.7 Å². The largest absolute Gasteiger partial charge is 0.338 e. The van der Waals surface area contributed by atoms with Crippen LogP contribution in [-0.2, 0) is 0 Å². The molecule has 2 aromatic rings. The SMILES string of the molecule is CCN(CCN1CCCCCC1)C(=O)c1ccc(-c2ccc(C)nn2)cc1. The Hall–Kier alpha value is -2.27. The van der Waals surface area contributed by atoms with Crippen LogP contribution in [0.2, 0.25) is 0 Å². The lowest BCUT2D eigenvalue weighted by atomic mass is 10.1. The summed E-state index contributed by atoms with van der Waals surface area (Å²) in [5.41, 5.74) is 3.44. The number of likely N-dealkylation sites (N-methyl/N-ethyl adjacent to an activating group) is 1. The summed E-state index contributed by atoms with van der Waals surface area (Å²) >= 11 is 0. The standard InChI is InChI=1S/C22H30N4O/c1-3-26(17-16-25-14-6-4-5-7-15-25)22(27)20-11-9-19(10-12-20)21-13-8-18(2)23-24-21/h8-13H,3-7,14-17H2,1-2H3. The van der Waals surface area contributed by atoms with Crippen molar-refractivity contribution in [3.05, 3.63) is 47.7 Å². The van der Waals surface area contributed by atoms with Gasteiger partial charge in [-0.25, -0.2) is 0 Å². The van der Waals surface area contributed by atoms with Gasteiger partial charge in [-0.3, -0.25) is 4.79 Å². The summed E-state index contributed by atoms with van der Waals surface area (Å²) in [6, 6.07) is 11.6. The number of benzene rings is 1. The molecule has 1 aliphatic heterocycles. The second kappa shape index (κ2) is 9.60. The lowest BCUT2D eigenvalue weighted by Crippen LogP contribution is -2.39. The van der Waals surface area contributed by atoms with Crippen LogP contribution in [0.15, 0.2) is 36.4 Å². The van der Waals surface area contributed by atoms with E-state index in [2.05, 4.69) is 22.0 Å². The monoisotopic (exact) mass is 366 g/mol. The maximum absolute atomic E-state index is 12.9. The van der Waals surface area contributed by atoms with Gasteiger partial charge in [0.2, 0.25) is 0 Å². The van der Waals surface area contributed by atoms with Gasteiger partial charge in [0.1, 0.15) is 0 Å². The van der Waals surface area contributed by atoms with E-state index in [9.17, 15) is 4.79 Å². The molecule has 3 rings (SSSR count). The number of hydrogen-bond donors (Lipinski definition) is 0. The van der Waals surface area contributed by atoms with Gasteiger partial charge in [-0.15, -0.1) is 0 Å². The van der Waals surface area contributed by atoms with Crippen LogP contribution < -0.4 is 0 Å². The summed E-state index contributed by atoms with van der Waals surface area (Å²) in [4.78, 5) is 17.3. The molecule has 1 fully saturated rings. The molecule has 0 saturated carbocycles. The van der Waals surface area contributed by atoms with E-state index in [-0.39, 0.29) is 5.91 Å². The Bertz CT molecular complexity index is 719. The molecule has 5 heteroatoms. The fourth-order valence-electron chi connectivity index (χ4n) is 3.54. The Morgan fingerprint density at radius 3 is 2.30 bits per heavy atom. The number of aryl methyl sites for hydroxylation is 1. The molecule has 27 heavy (non-hydrogen) atoms. The van der Waals surface area contributed by atoms with Crippen molar-refractivity contribution in [2.45, 2.75) is 39.5 Å². The van der Waals surface area contributed by atoms with Crippen LogP contribution in [0.25, 0.3) is 11.3 Å². The Labute approximate surface area is 162 Å². The fourth-order valence-corrected chi connectivity index (χ4v) is 3.54. The van der Waals surface area contributed by atoms with E-state index < -0.39 is 0 Å². The molecule has 0 unspecified atom stereocenters. The number of hydrogen-bond acceptors (Lipinski definition) is 4. The van der Waals surface area contributed by atoms with E-state index in [1.165, 1.54) is 25.7 Å². The van der Waals surface area contributed by atoms with Crippen LogP contribution >= 0.6 is 0 Å². The summed E-state index contributed by atoms with van der Waals surface area (Å²) in [7, 11) is 0. The zero-order chi connectivity index (χ0) is 19.1. The third-order valence-corrected chi connectivity index (χ3v) is 5.28. The molecule has 1 saturated heterocycles. The predicted octanol–water partition coefficient (Wildman–Crippen LogP) is 3.79. The Kier molecular flexibility index (Phi) is 6.93. The average Bonchev–Trinajstić information content (AvgIpc) is 2.98. The molecule has 0 atom stereocenters. The van der Waals surface area contributed by atoms with Gasteiger partial charge in [0, 0.05) is 30.8 Å². The minimum atomic E-state index is 0.105. The zero-order valence-corrected chi connectivity index (χ0v) is 16.5. The number of amides is 1. The fraction of sp³-hybridized carbons (Fsp3) is 0.500. The highest BCUT2D eigenvalue weighted by molar-refractivity contribution is 5.94. The van der Waals surface area contributed by atoms with Crippen molar-refractivity contribution in [2.24, 2.45) is 0 Å². The first-order chi connectivity index (χ1) is 13.2. The molecule has 144 valence electrons. The lowest BCUT2D eigenvalue weighted by molar-refractivity contribution is 0.0745. The highest BCUT2D eigenvalue weighted by Gasteiger charge is 2.16. The van der Waals surface area contributed by atoms with Crippen molar-refractivity contribution in [2.75, 3.05) is 32.7 Å². The second-order valence-electron chi connectivity index (χ2n) is 7.28. The smallest absolute Gasteiger partial charge is 0.253 e.